The van der Waals surface area contributed by atoms with Crippen LogP contribution in [-0.4, -0.2) is 25.6 Å². The number of pyridine rings is 1. The Morgan fingerprint density at radius 2 is 1.79 bits per heavy atom. The molecule has 2 atom stereocenters. The van der Waals surface area contributed by atoms with Crippen LogP contribution in [-0.2, 0) is 0 Å². The van der Waals surface area contributed by atoms with Gasteiger partial charge in [-0.3, -0.25) is 4.98 Å². The van der Waals surface area contributed by atoms with Crippen LogP contribution in [0.3, 0.4) is 0 Å². The van der Waals surface area contributed by atoms with E-state index in [-0.39, 0.29) is 12.1 Å². The van der Waals surface area contributed by atoms with Crippen molar-refractivity contribution in [2.45, 2.75) is 71.0 Å². The first kappa shape index (κ1) is 22.4. The predicted molar refractivity (Wildman–Crippen MR) is 139 cm³/mol. The highest BCUT2D eigenvalue weighted by Crippen LogP contribution is 2.46. The van der Waals surface area contributed by atoms with Crippen molar-refractivity contribution in [3.8, 4) is 5.69 Å². The molecule has 2 aromatic heterocycles. The second-order valence-corrected chi connectivity index (χ2v) is 10.2. The molecule has 4 nitrogen and oxygen atoms in total. The lowest BCUT2D eigenvalue weighted by molar-refractivity contribution is 0.196. The summed E-state index contributed by atoms with van der Waals surface area (Å²) in [5.74, 6) is 0. The second-order valence-electron chi connectivity index (χ2n) is 9.35. The lowest BCUT2D eigenvalue weighted by Crippen LogP contribution is -2.40. The molecule has 1 saturated heterocycles. The largest absolute Gasteiger partial charge is 0.352 e. The van der Waals surface area contributed by atoms with Crippen LogP contribution in [0.15, 0.2) is 48.7 Å². The van der Waals surface area contributed by atoms with Gasteiger partial charge in [0, 0.05) is 39.9 Å². The summed E-state index contributed by atoms with van der Waals surface area (Å²) < 4.78 is 2.34. The number of benzene rings is 1. The normalized spacial score (nSPS) is 21.5. The Kier molecular flexibility index (Phi) is 6.19. The van der Waals surface area contributed by atoms with E-state index in [1.54, 1.807) is 0 Å². The summed E-state index contributed by atoms with van der Waals surface area (Å²) in [5.41, 5.74) is 7.28. The molecule has 1 aliphatic heterocycles. The number of nitrogens with one attached hydrogen (secondary N) is 1. The van der Waals surface area contributed by atoms with E-state index in [1.165, 1.54) is 54.6 Å². The van der Waals surface area contributed by atoms with E-state index in [9.17, 15) is 0 Å². The van der Waals surface area contributed by atoms with Gasteiger partial charge in [0.25, 0.3) is 0 Å². The molecule has 2 fully saturated rings. The molecule has 1 aliphatic carbocycles. The van der Waals surface area contributed by atoms with E-state index in [0.29, 0.717) is 6.04 Å². The number of hydrogen-bond acceptors (Lipinski definition) is 2. The Hall–Kier alpha value is -2.37. The Labute approximate surface area is 207 Å². The Morgan fingerprint density at radius 1 is 1.00 bits per heavy atom. The smallest absolute Gasteiger partial charge is 0.170 e. The first-order valence-electron chi connectivity index (χ1n) is 11.9. The number of aromatic nitrogens is 2. The number of rotatable bonds is 4. The van der Waals surface area contributed by atoms with Crippen LogP contribution >= 0.6 is 23.8 Å². The molecule has 33 heavy (non-hydrogen) atoms. The third kappa shape index (κ3) is 3.95. The summed E-state index contributed by atoms with van der Waals surface area (Å²) in [7, 11) is 0. The van der Waals surface area contributed by atoms with E-state index < -0.39 is 0 Å². The lowest BCUT2D eigenvalue weighted by Gasteiger charge is -2.37. The highest BCUT2D eigenvalue weighted by atomic mass is 35.5. The van der Waals surface area contributed by atoms with Crippen LogP contribution < -0.4 is 5.32 Å². The molecule has 0 unspecified atom stereocenters. The van der Waals surface area contributed by atoms with Gasteiger partial charge >= 0.3 is 0 Å². The summed E-state index contributed by atoms with van der Waals surface area (Å²) in [5, 5.41) is 5.27. The van der Waals surface area contributed by atoms with E-state index >= 15 is 0 Å². The van der Waals surface area contributed by atoms with Crippen molar-refractivity contribution >= 4 is 28.9 Å². The van der Waals surface area contributed by atoms with Crippen LogP contribution in [0.1, 0.15) is 72.4 Å². The van der Waals surface area contributed by atoms with Gasteiger partial charge in [-0.25, -0.2) is 0 Å². The van der Waals surface area contributed by atoms with Crippen molar-refractivity contribution in [2.75, 3.05) is 0 Å². The average molecular weight is 479 g/mol. The number of nitrogens with zero attached hydrogens (tertiary/aromatic N) is 3. The Bertz CT molecular complexity index is 1170. The fourth-order valence-corrected chi connectivity index (χ4v) is 6.45. The van der Waals surface area contributed by atoms with Crippen LogP contribution in [0.2, 0.25) is 5.02 Å². The van der Waals surface area contributed by atoms with Crippen LogP contribution in [0.5, 0.6) is 0 Å². The fraction of sp³-hybridized carbons (Fsp3) is 0.407. The number of hydrogen-bond donors (Lipinski definition) is 1. The van der Waals surface area contributed by atoms with Gasteiger partial charge < -0.3 is 14.8 Å². The Balaban J connectivity index is 1.67. The molecule has 0 amide bonds. The van der Waals surface area contributed by atoms with Crippen molar-refractivity contribution in [1.29, 1.82) is 0 Å². The molecule has 172 valence electrons. The van der Waals surface area contributed by atoms with Gasteiger partial charge in [0.15, 0.2) is 5.11 Å². The monoisotopic (exact) mass is 478 g/mol. The van der Waals surface area contributed by atoms with Gasteiger partial charge in [-0.2, -0.15) is 0 Å². The highest BCUT2D eigenvalue weighted by molar-refractivity contribution is 7.80. The number of thiocarbonyl (C=S) groups is 1. The molecule has 1 aromatic carbocycles. The SMILES string of the molecule is Cc1c([C@@H]2[C@@H](c3ccccn3)NC(=S)N2C2CCCCC2)c(C)n(-c2cccc(Cl)c2)c1C. The quantitative estimate of drug-likeness (QED) is 0.420. The maximum atomic E-state index is 6.36. The standard InChI is InChI=1S/C27H31ClN4S/c1-17-18(2)31(22-13-9-10-20(28)16-22)19(3)24(17)26-25(23-14-7-8-15-29-23)30-27(33)32(26)21-11-5-4-6-12-21/h7-10,13-16,21,25-26H,4-6,11-12H2,1-3H3,(H,30,33)/t25-,26-/m1/s1. The minimum atomic E-state index is 0.0210. The minimum Gasteiger partial charge on any atom is -0.352 e. The maximum Gasteiger partial charge on any atom is 0.170 e. The van der Waals surface area contributed by atoms with Gasteiger partial charge in [-0.05, 0) is 81.7 Å². The van der Waals surface area contributed by atoms with Crippen LogP contribution in [0.4, 0.5) is 0 Å². The van der Waals surface area contributed by atoms with Crippen LogP contribution in [0, 0.1) is 20.8 Å². The molecule has 0 radical (unpaired) electrons. The van der Waals surface area contributed by atoms with Crippen molar-refractivity contribution in [2.24, 2.45) is 0 Å². The van der Waals surface area contributed by atoms with Crippen molar-refractivity contribution < 1.29 is 0 Å². The molecule has 2 aliphatic rings. The summed E-state index contributed by atoms with van der Waals surface area (Å²) >= 11 is 12.3. The summed E-state index contributed by atoms with van der Waals surface area (Å²) in [6.45, 7) is 6.68. The summed E-state index contributed by atoms with van der Waals surface area (Å²) in [6, 6.07) is 14.9. The molecular formula is C27H31ClN4S. The number of halogens is 1. The topological polar surface area (TPSA) is 33.1 Å². The van der Waals surface area contributed by atoms with Crippen molar-refractivity contribution in [3.05, 3.63) is 81.9 Å². The molecule has 0 bridgehead atoms. The van der Waals surface area contributed by atoms with E-state index in [1.807, 2.05) is 30.5 Å². The van der Waals surface area contributed by atoms with E-state index in [0.717, 1.165) is 21.5 Å². The van der Waals surface area contributed by atoms with E-state index in [2.05, 4.69) is 53.8 Å². The van der Waals surface area contributed by atoms with Crippen LogP contribution in [0.25, 0.3) is 5.69 Å². The molecule has 1 N–H and O–H groups in total. The lowest BCUT2D eigenvalue weighted by atomic mass is 9.89. The molecule has 0 spiro atoms. The zero-order valence-corrected chi connectivity index (χ0v) is 21.1. The maximum absolute atomic E-state index is 6.36. The zero-order chi connectivity index (χ0) is 23.1. The van der Waals surface area contributed by atoms with Gasteiger partial charge in [-0.15, -0.1) is 0 Å². The third-order valence-corrected chi connectivity index (χ3v) is 8.04. The Morgan fingerprint density at radius 3 is 2.48 bits per heavy atom. The fourth-order valence-electron chi connectivity index (χ4n) is 5.87. The van der Waals surface area contributed by atoms with Crippen molar-refractivity contribution in [1.82, 2.24) is 19.8 Å². The van der Waals surface area contributed by atoms with Gasteiger partial charge in [-0.1, -0.05) is 43.0 Å². The summed E-state index contributed by atoms with van der Waals surface area (Å²) in [4.78, 5) is 7.24. The molecule has 3 aromatic rings. The van der Waals surface area contributed by atoms with Crippen molar-refractivity contribution in [3.63, 3.8) is 0 Å². The molecule has 1 saturated carbocycles. The highest BCUT2D eigenvalue weighted by Gasteiger charge is 2.45. The average Bonchev–Trinajstić information content (AvgIpc) is 3.27. The van der Waals surface area contributed by atoms with E-state index in [4.69, 9.17) is 28.8 Å². The molecule has 5 rings (SSSR count). The third-order valence-electron chi connectivity index (χ3n) is 7.47. The van der Waals surface area contributed by atoms with Gasteiger partial charge in [0.1, 0.15) is 0 Å². The first-order valence-corrected chi connectivity index (χ1v) is 12.7. The predicted octanol–water partition coefficient (Wildman–Crippen LogP) is 6.76. The van der Waals surface area contributed by atoms with Gasteiger partial charge in [0.05, 0.1) is 17.8 Å². The first-order chi connectivity index (χ1) is 16.0. The van der Waals surface area contributed by atoms with Gasteiger partial charge in [0.2, 0.25) is 0 Å². The molecular weight excluding hydrogens is 448 g/mol. The molecule has 3 heterocycles. The second kappa shape index (κ2) is 9.11. The summed E-state index contributed by atoms with van der Waals surface area (Å²) in [6.07, 6.45) is 8.12. The molecule has 6 heteroatoms. The minimum absolute atomic E-state index is 0.0210. The zero-order valence-electron chi connectivity index (χ0n) is 19.5.